The molecule has 98 valence electrons. The fourth-order valence-corrected chi connectivity index (χ4v) is 1.78. The highest BCUT2D eigenvalue weighted by Crippen LogP contribution is 2.15. The molecule has 0 saturated heterocycles. The van der Waals surface area contributed by atoms with E-state index in [2.05, 4.69) is 25.3 Å². The summed E-state index contributed by atoms with van der Waals surface area (Å²) in [4.78, 5) is 16.6. The highest BCUT2D eigenvalue weighted by atomic mass is 15.0. The van der Waals surface area contributed by atoms with Crippen LogP contribution in [0.3, 0.4) is 0 Å². The van der Waals surface area contributed by atoms with E-state index in [-0.39, 0.29) is 0 Å². The summed E-state index contributed by atoms with van der Waals surface area (Å²) in [7, 11) is 0. The molecule has 0 atom stereocenters. The number of benzene rings is 1. The molecule has 0 fully saturated rings. The van der Waals surface area contributed by atoms with Crippen LogP contribution in [0.1, 0.15) is 5.56 Å². The molecule has 0 saturated carbocycles. The first-order chi connectivity index (χ1) is 9.92. The Labute approximate surface area is 116 Å². The van der Waals surface area contributed by atoms with Gasteiger partial charge in [0.15, 0.2) is 5.82 Å². The van der Waals surface area contributed by atoms with Gasteiger partial charge in [-0.25, -0.2) is 19.9 Å². The highest BCUT2D eigenvalue weighted by Gasteiger charge is 2.00. The van der Waals surface area contributed by atoms with Crippen LogP contribution in [0.2, 0.25) is 0 Å². The monoisotopic (exact) mass is 263 g/mol. The van der Waals surface area contributed by atoms with Crippen LogP contribution in [0, 0.1) is 0 Å². The Morgan fingerprint density at radius 1 is 0.850 bits per heavy atom. The lowest BCUT2D eigenvalue weighted by Crippen LogP contribution is -2.01. The molecule has 0 bridgehead atoms. The third-order valence-electron chi connectivity index (χ3n) is 2.79. The highest BCUT2D eigenvalue weighted by molar-refractivity contribution is 5.55. The van der Waals surface area contributed by atoms with Crippen molar-refractivity contribution in [3.63, 3.8) is 0 Å². The summed E-state index contributed by atoms with van der Waals surface area (Å²) in [5.74, 6) is 0.721. The first kappa shape index (κ1) is 12.2. The molecule has 3 rings (SSSR count). The maximum atomic E-state index is 4.36. The van der Waals surface area contributed by atoms with Crippen LogP contribution in [0.25, 0.3) is 11.4 Å². The van der Waals surface area contributed by atoms with Crippen molar-refractivity contribution in [2.45, 2.75) is 6.54 Å². The zero-order valence-corrected chi connectivity index (χ0v) is 10.8. The molecule has 0 radical (unpaired) electrons. The molecule has 2 heterocycles. The van der Waals surface area contributed by atoms with Crippen LogP contribution in [-0.4, -0.2) is 19.9 Å². The lowest BCUT2D eigenvalue weighted by atomic mass is 10.2. The van der Waals surface area contributed by atoms with Crippen molar-refractivity contribution in [2.75, 3.05) is 5.32 Å². The third kappa shape index (κ3) is 2.95. The molecule has 3 aromatic rings. The number of hydrogen-bond donors (Lipinski definition) is 1. The van der Waals surface area contributed by atoms with Crippen molar-refractivity contribution >= 4 is 5.69 Å². The molecule has 0 aliphatic rings. The van der Waals surface area contributed by atoms with E-state index in [1.165, 1.54) is 6.33 Å². The van der Waals surface area contributed by atoms with Gasteiger partial charge in [0.2, 0.25) is 0 Å². The average molecular weight is 263 g/mol. The molecule has 0 unspecified atom stereocenters. The zero-order chi connectivity index (χ0) is 13.6. The van der Waals surface area contributed by atoms with E-state index in [0.717, 1.165) is 22.6 Å². The topological polar surface area (TPSA) is 63.6 Å². The Balaban J connectivity index is 1.68. The van der Waals surface area contributed by atoms with Gasteiger partial charge in [0.05, 0.1) is 18.1 Å². The Morgan fingerprint density at radius 2 is 1.55 bits per heavy atom. The minimum atomic E-state index is 0.648. The van der Waals surface area contributed by atoms with Gasteiger partial charge in [-0.05, 0) is 0 Å². The van der Waals surface area contributed by atoms with E-state index < -0.39 is 0 Å². The molecular formula is C15H13N5. The van der Waals surface area contributed by atoms with Crippen LogP contribution < -0.4 is 5.32 Å². The number of rotatable bonds is 4. The summed E-state index contributed by atoms with van der Waals surface area (Å²) >= 11 is 0. The molecule has 20 heavy (non-hydrogen) atoms. The molecule has 2 aromatic heterocycles. The van der Waals surface area contributed by atoms with Crippen molar-refractivity contribution in [3.05, 3.63) is 67.0 Å². The lowest BCUT2D eigenvalue weighted by Gasteiger charge is -2.06. The summed E-state index contributed by atoms with van der Waals surface area (Å²) in [6.07, 6.45) is 8.62. The van der Waals surface area contributed by atoms with Crippen molar-refractivity contribution in [3.8, 4) is 11.4 Å². The largest absolute Gasteiger partial charge is 0.378 e. The Kier molecular flexibility index (Phi) is 3.59. The van der Waals surface area contributed by atoms with Gasteiger partial charge in [0, 0.05) is 30.1 Å². The number of hydrogen-bond acceptors (Lipinski definition) is 5. The average Bonchev–Trinajstić information content (AvgIpc) is 2.55. The number of nitrogens with zero attached hydrogens (tertiary/aromatic N) is 4. The van der Waals surface area contributed by atoms with Gasteiger partial charge in [-0.3, -0.25) is 0 Å². The maximum absolute atomic E-state index is 4.36. The minimum absolute atomic E-state index is 0.648. The Morgan fingerprint density at radius 3 is 2.25 bits per heavy atom. The summed E-state index contributed by atoms with van der Waals surface area (Å²) in [6, 6.07) is 9.90. The van der Waals surface area contributed by atoms with Crippen LogP contribution in [0.5, 0.6) is 0 Å². The second-order valence-electron chi connectivity index (χ2n) is 4.26. The molecule has 0 aliphatic carbocycles. The molecule has 0 amide bonds. The first-order valence-corrected chi connectivity index (χ1v) is 6.27. The van der Waals surface area contributed by atoms with Crippen LogP contribution in [0.15, 0.2) is 61.4 Å². The normalized spacial score (nSPS) is 10.2. The predicted octanol–water partition coefficient (Wildman–Crippen LogP) is 2.55. The van der Waals surface area contributed by atoms with Gasteiger partial charge in [-0.15, -0.1) is 0 Å². The Bertz CT molecular complexity index is 653. The van der Waals surface area contributed by atoms with E-state index in [1.54, 1.807) is 24.8 Å². The minimum Gasteiger partial charge on any atom is -0.378 e. The fourth-order valence-electron chi connectivity index (χ4n) is 1.78. The van der Waals surface area contributed by atoms with E-state index in [9.17, 15) is 0 Å². The standard InChI is InChI=1S/C15H13N5/c1-2-4-13(5-3-1)15-19-9-14(10-20-15)18-8-12-6-16-11-17-7-12/h1-7,9-11,18H,8H2. The maximum Gasteiger partial charge on any atom is 0.159 e. The second kappa shape index (κ2) is 5.88. The third-order valence-corrected chi connectivity index (χ3v) is 2.79. The van der Waals surface area contributed by atoms with Crippen molar-refractivity contribution in [1.82, 2.24) is 19.9 Å². The number of aromatic nitrogens is 4. The van der Waals surface area contributed by atoms with Gasteiger partial charge in [-0.1, -0.05) is 30.3 Å². The summed E-state index contributed by atoms with van der Waals surface area (Å²) in [5, 5.41) is 3.23. The SMILES string of the molecule is c1ccc(-c2ncc(NCc3cncnc3)cn2)cc1. The predicted molar refractivity (Wildman–Crippen MR) is 76.8 cm³/mol. The van der Waals surface area contributed by atoms with Crippen molar-refractivity contribution < 1.29 is 0 Å². The van der Waals surface area contributed by atoms with Crippen LogP contribution in [0.4, 0.5) is 5.69 Å². The van der Waals surface area contributed by atoms with Crippen LogP contribution >= 0.6 is 0 Å². The lowest BCUT2D eigenvalue weighted by molar-refractivity contribution is 1.04. The molecule has 0 aliphatic heterocycles. The van der Waals surface area contributed by atoms with Gasteiger partial charge in [0.1, 0.15) is 6.33 Å². The van der Waals surface area contributed by atoms with Crippen molar-refractivity contribution in [1.29, 1.82) is 0 Å². The van der Waals surface area contributed by atoms with Gasteiger partial charge < -0.3 is 5.32 Å². The molecule has 5 nitrogen and oxygen atoms in total. The van der Waals surface area contributed by atoms with Gasteiger partial charge >= 0.3 is 0 Å². The molecule has 0 spiro atoms. The van der Waals surface area contributed by atoms with Crippen LogP contribution in [-0.2, 0) is 6.54 Å². The summed E-state index contributed by atoms with van der Waals surface area (Å²) < 4.78 is 0. The number of anilines is 1. The quantitative estimate of drug-likeness (QED) is 0.783. The van der Waals surface area contributed by atoms with E-state index in [4.69, 9.17) is 0 Å². The van der Waals surface area contributed by atoms with E-state index in [0.29, 0.717) is 6.54 Å². The Hall–Kier alpha value is -2.82. The summed E-state index contributed by atoms with van der Waals surface area (Å²) in [6.45, 7) is 0.648. The number of nitrogens with one attached hydrogen (secondary N) is 1. The van der Waals surface area contributed by atoms with Gasteiger partial charge in [0.25, 0.3) is 0 Å². The zero-order valence-electron chi connectivity index (χ0n) is 10.8. The fraction of sp³-hybridized carbons (Fsp3) is 0.0667. The second-order valence-corrected chi connectivity index (χ2v) is 4.26. The summed E-state index contributed by atoms with van der Waals surface area (Å²) in [5.41, 5.74) is 2.89. The first-order valence-electron chi connectivity index (χ1n) is 6.27. The molecular weight excluding hydrogens is 250 g/mol. The molecule has 5 heteroatoms. The molecule has 1 aromatic carbocycles. The van der Waals surface area contributed by atoms with E-state index in [1.807, 2.05) is 30.3 Å². The van der Waals surface area contributed by atoms with E-state index >= 15 is 0 Å². The van der Waals surface area contributed by atoms with Gasteiger partial charge in [-0.2, -0.15) is 0 Å². The smallest absolute Gasteiger partial charge is 0.159 e. The molecule has 1 N–H and O–H groups in total. The van der Waals surface area contributed by atoms with Crippen molar-refractivity contribution in [2.24, 2.45) is 0 Å².